The third-order valence-electron chi connectivity index (χ3n) is 4.09. The molecule has 2 amide bonds. The summed E-state index contributed by atoms with van der Waals surface area (Å²) in [6.45, 7) is 3.29. The molecule has 1 N–H and O–H groups in total. The lowest BCUT2D eigenvalue weighted by molar-refractivity contribution is -0.134. The zero-order valence-electron chi connectivity index (χ0n) is 13.4. The molecule has 0 unspecified atom stereocenters. The van der Waals surface area contributed by atoms with Gasteiger partial charge in [0.1, 0.15) is 6.04 Å². The number of thiophene rings is 1. The third-order valence-corrected chi connectivity index (χ3v) is 5.75. The molecule has 1 aliphatic rings. The topological polar surface area (TPSA) is 49.4 Å². The molecule has 0 radical (unpaired) electrons. The van der Waals surface area contributed by atoms with Crippen molar-refractivity contribution in [3.8, 4) is 0 Å². The minimum absolute atomic E-state index is 0.0193. The van der Waals surface area contributed by atoms with Crippen LogP contribution in [-0.2, 0) is 9.59 Å². The number of nitrogens with zero attached hydrogens (tertiary/aromatic N) is 1. The fraction of sp³-hybridized carbons (Fsp3) is 0.333. The number of fused-ring (bicyclic) bond motifs is 1. The fourth-order valence-electron chi connectivity index (χ4n) is 2.83. The number of rotatable bonds is 4. The van der Waals surface area contributed by atoms with Crippen LogP contribution in [0.15, 0.2) is 30.3 Å². The molecule has 1 aliphatic heterocycles. The number of likely N-dealkylation sites (tertiary alicyclic amines) is 1. The normalized spacial score (nSPS) is 16.0. The summed E-state index contributed by atoms with van der Waals surface area (Å²) in [5.74, 6) is -0.308. The Kier molecular flexibility index (Phi) is 5.21. The van der Waals surface area contributed by atoms with Crippen LogP contribution in [0.25, 0.3) is 16.2 Å². The number of hydrogen-bond donors (Lipinski definition) is 1. The van der Waals surface area contributed by atoms with E-state index < -0.39 is 6.04 Å². The van der Waals surface area contributed by atoms with E-state index in [0.717, 1.165) is 40.9 Å². The Bertz CT molecular complexity index is 793. The van der Waals surface area contributed by atoms with Crippen LogP contribution in [-0.4, -0.2) is 35.8 Å². The SMILES string of the molecule is C[C@H](NC(=O)/C=C/c1sc2ccccc2c1Cl)C(=O)N1CCCC1. The molecule has 2 aromatic rings. The smallest absolute Gasteiger partial charge is 0.244 e. The Hall–Kier alpha value is -1.85. The molecule has 1 atom stereocenters. The molecule has 0 aliphatic carbocycles. The first kappa shape index (κ1) is 17.0. The van der Waals surface area contributed by atoms with Gasteiger partial charge < -0.3 is 10.2 Å². The van der Waals surface area contributed by atoms with Crippen LogP contribution in [0.1, 0.15) is 24.6 Å². The van der Waals surface area contributed by atoms with Crippen molar-refractivity contribution in [2.45, 2.75) is 25.8 Å². The summed E-state index contributed by atoms with van der Waals surface area (Å²) >= 11 is 7.89. The highest BCUT2D eigenvalue weighted by molar-refractivity contribution is 7.20. The van der Waals surface area contributed by atoms with E-state index in [4.69, 9.17) is 11.6 Å². The average molecular weight is 363 g/mol. The first-order valence-corrected chi connectivity index (χ1v) is 9.20. The van der Waals surface area contributed by atoms with Gasteiger partial charge in [0, 0.05) is 34.1 Å². The number of halogens is 1. The summed E-state index contributed by atoms with van der Waals surface area (Å²) in [5.41, 5.74) is 0. The number of hydrogen-bond acceptors (Lipinski definition) is 3. The van der Waals surface area contributed by atoms with E-state index in [9.17, 15) is 9.59 Å². The second-order valence-electron chi connectivity index (χ2n) is 5.87. The molecule has 4 nitrogen and oxygen atoms in total. The van der Waals surface area contributed by atoms with Crippen molar-refractivity contribution < 1.29 is 9.59 Å². The highest BCUT2D eigenvalue weighted by Crippen LogP contribution is 2.35. The zero-order valence-corrected chi connectivity index (χ0v) is 15.0. The lowest BCUT2D eigenvalue weighted by atomic mass is 10.2. The first-order valence-electron chi connectivity index (χ1n) is 8.00. The predicted octanol–water partition coefficient (Wildman–Crippen LogP) is 3.70. The average Bonchev–Trinajstić information content (AvgIpc) is 3.21. The van der Waals surface area contributed by atoms with Crippen LogP contribution in [0.3, 0.4) is 0 Å². The summed E-state index contributed by atoms with van der Waals surface area (Å²) in [7, 11) is 0. The van der Waals surface area contributed by atoms with Crippen molar-refractivity contribution in [2.75, 3.05) is 13.1 Å². The third kappa shape index (κ3) is 3.62. The van der Waals surface area contributed by atoms with Crippen molar-refractivity contribution >= 4 is 50.9 Å². The molecule has 2 heterocycles. The number of carbonyl (C=O) groups is 2. The maximum absolute atomic E-state index is 12.2. The molecule has 3 rings (SSSR count). The number of benzene rings is 1. The van der Waals surface area contributed by atoms with Gasteiger partial charge in [-0.25, -0.2) is 0 Å². The minimum atomic E-state index is -0.516. The second kappa shape index (κ2) is 7.36. The van der Waals surface area contributed by atoms with E-state index in [1.165, 1.54) is 17.4 Å². The summed E-state index contributed by atoms with van der Waals surface area (Å²) < 4.78 is 1.08. The Morgan fingerprint density at radius 1 is 1.29 bits per heavy atom. The highest BCUT2D eigenvalue weighted by atomic mass is 35.5. The van der Waals surface area contributed by atoms with Gasteiger partial charge >= 0.3 is 0 Å². The Labute approximate surface area is 150 Å². The molecular formula is C18H19ClN2O2S. The largest absolute Gasteiger partial charge is 0.341 e. The highest BCUT2D eigenvalue weighted by Gasteiger charge is 2.23. The Balaban J connectivity index is 1.64. The van der Waals surface area contributed by atoms with Gasteiger partial charge in [0.05, 0.1) is 5.02 Å². The molecule has 0 saturated carbocycles. The number of carbonyl (C=O) groups excluding carboxylic acids is 2. The summed E-state index contributed by atoms with van der Waals surface area (Å²) in [4.78, 5) is 26.9. The fourth-order valence-corrected chi connectivity index (χ4v) is 4.22. The number of nitrogens with one attached hydrogen (secondary N) is 1. The van der Waals surface area contributed by atoms with Crippen molar-refractivity contribution in [1.29, 1.82) is 0 Å². The maximum Gasteiger partial charge on any atom is 0.244 e. The molecule has 1 saturated heterocycles. The van der Waals surface area contributed by atoms with E-state index in [1.807, 2.05) is 24.3 Å². The van der Waals surface area contributed by atoms with Crippen LogP contribution in [0.4, 0.5) is 0 Å². The molecule has 0 spiro atoms. The van der Waals surface area contributed by atoms with E-state index in [2.05, 4.69) is 5.32 Å². The standard InChI is InChI=1S/C18H19ClN2O2S/c1-12(18(23)21-10-4-5-11-21)20-16(22)9-8-15-17(19)13-6-2-3-7-14(13)24-15/h2-3,6-9,12H,4-5,10-11H2,1H3,(H,20,22)/b9-8+/t12-/m0/s1. The monoisotopic (exact) mass is 362 g/mol. The molecule has 1 fully saturated rings. The first-order chi connectivity index (χ1) is 11.6. The Morgan fingerprint density at radius 3 is 2.71 bits per heavy atom. The minimum Gasteiger partial charge on any atom is -0.341 e. The molecule has 6 heteroatoms. The zero-order chi connectivity index (χ0) is 17.1. The van der Waals surface area contributed by atoms with Crippen molar-refractivity contribution in [3.63, 3.8) is 0 Å². The van der Waals surface area contributed by atoms with Gasteiger partial charge in [0.25, 0.3) is 0 Å². The molecule has 24 heavy (non-hydrogen) atoms. The van der Waals surface area contributed by atoms with Gasteiger partial charge in [0.2, 0.25) is 11.8 Å². The van der Waals surface area contributed by atoms with Gasteiger partial charge in [-0.3, -0.25) is 9.59 Å². The molecule has 0 bridgehead atoms. The summed E-state index contributed by atoms with van der Waals surface area (Å²) in [5, 5.41) is 4.37. The van der Waals surface area contributed by atoms with Crippen LogP contribution in [0.5, 0.6) is 0 Å². The molecule has 1 aromatic heterocycles. The van der Waals surface area contributed by atoms with Crippen LogP contribution in [0, 0.1) is 0 Å². The molecule has 126 valence electrons. The maximum atomic E-state index is 12.2. The lowest BCUT2D eigenvalue weighted by Crippen LogP contribution is -2.45. The van der Waals surface area contributed by atoms with Gasteiger partial charge in [-0.05, 0) is 31.9 Å². The van der Waals surface area contributed by atoms with Crippen molar-refractivity contribution in [3.05, 3.63) is 40.2 Å². The quantitative estimate of drug-likeness (QED) is 0.843. The van der Waals surface area contributed by atoms with Crippen LogP contribution in [0.2, 0.25) is 5.02 Å². The van der Waals surface area contributed by atoms with E-state index in [0.29, 0.717) is 5.02 Å². The summed E-state index contributed by atoms with van der Waals surface area (Å²) in [6.07, 6.45) is 5.22. The van der Waals surface area contributed by atoms with Gasteiger partial charge in [0.15, 0.2) is 0 Å². The molecule has 1 aromatic carbocycles. The van der Waals surface area contributed by atoms with E-state index >= 15 is 0 Å². The van der Waals surface area contributed by atoms with Gasteiger partial charge in [-0.15, -0.1) is 11.3 Å². The van der Waals surface area contributed by atoms with Crippen molar-refractivity contribution in [2.24, 2.45) is 0 Å². The van der Waals surface area contributed by atoms with Gasteiger partial charge in [-0.1, -0.05) is 29.8 Å². The van der Waals surface area contributed by atoms with E-state index in [1.54, 1.807) is 17.9 Å². The second-order valence-corrected chi connectivity index (χ2v) is 7.33. The molecular weight excluding hydrogens is 344 g/mol. The van der Waals surface area contributed by atoms with Gasteiger partial charge in [-0.2, -0.15) is 0 Å². The van der Waals surface area contributed by atoms with Crippen molar-refractivity contribution in [1.82, 2.24) is 10.2 Å². The lowest BCUT2D eigenvalue weighted by Gasteiger charge is -2.20. The predicted molar refractivity (Wildman–Crippen MR) is 99.3 cm³/mol. The summed E-state index contributed by atoms with van der Waals surface area (Å²) in [6, 6.07) is 7.34. The van der Waals surface area contributed by atoms with E-state index in [-0.39, 0.29) is 11.8 Å². The number of amides is 2. The van der Waals surface area contributed by atoms with Crippen LogP contribution >= 0.6 is 22.9 Å². The van der Waals surface area contributed by atoms with Crippen LogP contribution < -0.4 is 5.32 Å². The Morgan fingerprint density at radius 2 is 2.00 bits per heavy atom.